The summed E-state index contributed by atoms with van der Waals surface area (Å²) in [4.78, 5) is 2.02. The fourth-order valence-corrected chi connectivity index (χ4v) is 1.14. The van der Waals surface area contributed by atoms with Crippen molar-refractivity contribution in [2.45, 2.75) is 19.6 Å². The second kappa shape index (κ2) is 3.91. The quantitative estimate of drug-likeness (QED) is 0.566. The first-order chi connectivity index (χ1) is 4.80. The summed E-state index contributed by atoms with van der Waals surface area (Å²) >= 11 is 0. The largest absolute Gasteiger partial charge is 0.380 e. The lowest BCUT2D eigenvalue weighted by molar-refractivity contribution is 0.0170. The average molecular weight is 145 g/mol. The molecule has 1 aliphatic heterocycles. The van der Waals surface area contributed by atoms with E-state index >= 15 is 0 Å². The van der Waals surface area contributed by atoms with Gasteiger partial charge >= 0.3 is 0 Å². The van der Waals surface area contributed by atoms with Crippen molar-refractivity contribution in [3.8, 4) is 0 Å². The standard InChI is InChI=1S/C7H15NO2/c1-7(9)8-3-2-5-10-6-4-8/h7,9H,2-6H2,1H3. The van der Waals surface area contributed by atoms with Crippen LogP contribution in [0.15, 0.2) is 0 Å². The van der Waals surface area contributed by atoms with E-state index in [0.717, 1.165) is 32.7 Å². The minimum Gasteiger partial charge on any atom is -0.380 e. The zero-order valence-corrected chi connectivity index (χ0v) is 6.42. The van der Waals surface area contributed by atoms with Crippen LogP contribution in [0.25, 0.3) is 0 Å². The molecule has 0 saturated carbocycles. The zero-order valence-electron chi connectivity index (χ0n) is 6.42. The monoisotopic (exact) mass is 145 g/mol. The number of rotatable bonds is 1. The van der Waals surface area contributed by atoms with Gasteiger partial charge in [0.25, 0.3) is 0 Å². The molecule has 3 nitrogen and oxygen atoms in total. The maximum absolute atomic E-state index is 9.17. The molecule has 1 atom stereocenters. The van der Waals surface area contributed by atoms with Crippen LogP contribution >= 0.6 is 0 Å². The van der Waals surface area contributed by atoms with Crippen LogP contribution in [-0.4, -0.2) is 42.5 Å². The molecular formula is C7H15NO2. The summed E-state index contributed by atoms with van der Waals surface area (Å²) in [5.41, 5.74) is 0. The predicted molar refractivity (Wildman–Crippen MR) is 38.7 cm³/mol. The normalized spacial score (nSPS) is 25.8. The van der Waals surface area contributed by atoms with Crippen molar-refractivity contribution in [1.29, 1.82) is 0 Å². The van der Waals surface area contributed by atoms with Gasteiger partial charge in [0.05, 0.1) is 6.61 Å². The van der Waals surface area contributed by atoms with Crippen molar-refractivity contribution in [3.63, 3.8) is 0 Å². The number of ether oxygens (including phenoxy) is 1. The van der Waals surface area contributed by atoms with Gasteiger partial charge in [0.15, 0.2) is 0 Å². The third kappa shape index (κ3) is 2.25. The first kappa shape index (κ1) is 7.98. The molecule has 1 saturated heterocycles. The molecule has 0 aliphatic carbocycles. The molecule has 0 aromatic heterocycles. The topological polar surface area (TPSA) is 32.7 Å². The lowest BCUT2D eigenvalue weighted by Gasteiger charge is -2.21. The summed E-state index contributed by atoms with van der Waals surface area (Å²) in [5.74, 6) is 0. The van der Waals surface area contributed by atoms with Crippen molar-refractivity contribution < 1.29 is 9.84 Å². The zero-order chi connectivity index (χ0) is 7.40. The Morgan fingerprint density at radius 1 is 1.40 bits per heavy atom. The van der Waals surface area contributed by atoms with Crippen LogP contribution in [0.1, 0.15) is 13.3 Å². The van der Waals surface area contributed by atoms with Crippen LogP contribution in [0.4, 0.5) is 0 Å². The molecule has 0 amide bonds. The van der Waals surface area contributed by atoms with Gasteiger partial charge < -0.3 is 9.84 Å². The van der Waals surface area contributed by atoms with Gasteiger partial charge in [-0.1, -0.05) is 0 Å². The van der Waals surface area contributed by atoms with Crippen LogP contribution in [-0.2, 0) is 4.74 Å². The fourth-order valence-electron chi connectivity index (χ4n) is 1.14. The highest BCUT2D eigenvalue weighted by Crippen LogP contribution is 2.01. The van der Waals surface area contributed by atoms with Crippen molar-refractivity contribution >= 4 is 0 Å². The van der Waals surface area contributed by atoms with Crippen LogP contribution in [0.5, 0.6) is 0 Å². The van der Waals surface area contributed by atoms with Crippen molar-refractivity contribution in [2.75, 3.05) is 26.3 Å². The van der Waals surface area contributed by atoms with E-state index in [0.29, 0.717) is 0 Å². The number of nitrogens with zero attached hydrogens (tertiary/aromatic N) is 1. The molecule has 1 aliphatic rings. The predicted octanol–water partition coefficient (Wildman–Crippen LogP) is 0.0470. The first-order valence-electron chi connectivity index (χ1n) is 3.80. The molecule has 0 aromatic rings. The highest BCUT2D eigenvalue weighted by molar-refractivity contribution is 4.60. The SMILES string of the molecule is CC(O)N1CCCOCC1. The summed E-state index contributed by atoms with van der Waals surface area (Å²) in [7, 11) is 0. The molecule has 0 bridgehead atoms. The smallest absolute Gasteiger partial charge is 0.104 e. The van der Waals surface area contributed by atoms with Gasteiger partial charge in [-0.05, 0) is 13.3 Å². The maximum Gasteiger partial charge on any atom is 0.104 e. The number of aliphatic hydroxyl groups is 1. The minimum atomic E-state index is -0.318. The third-order valence-corrected chi connectivity index (χ3v) is 1.79. The van der Waals surface area contributed by atoms with E-state index in [2.05, 4.69) is 0 Å². The second-order valence-corrected chi connectivity index (χ2v) is 2.63. The Bertz CT molecular complexity index is 87.6. The second-order valence-electron chi connectivity index (χ2n) is 2.63. The molecule has 1 rings (SSSR count). The van der Waals surface area contributed by atoms with Crippen molar-refractivity contribution in [3.05, 3.63) is 0 Å². The third-order valence-electron chi connectivity index (χ3n) is 1.79. The van der Waals surface area contributed by atoms with Gasteiger partial charge in [-0.3, -0.25) is 4.90 Å². The van der Waals surface area contributed by atoms with Crippen LogP contribution < -0.4 is 0 Å². The molecule has 0 radical (unpaired) electrons. The van der Waals surface area contributed by atoms with E-state index in [-0.39, 0.29) is 6.23 Å². The molecular weight excluding hydrogens is 130 g/mol. The van der Waals surface area contributed by atoms with Crippen molar-refractivity contribution in [1.82, 2.24) is 4.90 Å². The van der Waals surface area contributed by atoms with E-state index in [1.165, 1.54) is 0 Å². The number of hydrogen-bond donors (Lipinski definition) is 1. The molecule has 1 heterocycles. The Kier molecular flexibility index (Phi) is 3.12. The molecule has 0 spiro atoms. The van der Waals surface area contributed by atoms with Gasteiger partial charge in [0, 0.05) is 19.7 Å². The lowest BCUT2D eigenvalue weighted by Crippen LogP contribution is -2.34. The Morgan fingerprint density at radius 2 is 2.20 bits per heavy atom. The number of aliphatic hydroxyl groups excluding tert-OH is 1. The van der Waals surface area contributed by atoms with Crippen molar-refractivity contribution in [2.24, 2.45) is 0 Å². The van der Waals surface area contributed by atoms with Gasteiger partial charge in [-0.25, -0.2) is 0 Å². The first-order valence-corrected chi connectivity index (χ1v) is 3.80. The number of hydrogen-bond acceptors (Lipinski definition) is 3. The van der Waals surface area contributed by atoms with E-state index < -0.39 is 0 Å². The van der Waals surface area contributed by atoms with Crippen LogP contribution in [0.2, 0.25) is 0 Å². The summed E-state index contributed by atoms with van der Waals surface area (Å²) < 4.78 is 5.22. The minimum absolute atomic E-state index is 0.318. The van der Waals surface area contributed by atoms with E-state index in [1.54, 1.807) is 6.92 Å². The molecule has 3 heteroatoms. The lowest BCUT2D eigenvalue weighted by atomic mass is 10.4. The highest BCUT2D eigenvalue weighted by Gasteiger charge is 2.12. The average Bonchev–Trinajstić information content (AvgIpc) is 2.12. The Hall–Kier alpha value is -0.120. The fraction of sp³-hybridized carbons (Fsp3) is 1.00. The Balaban J connectivity index is 2.28. The molecule has 60 valence electrons. The van der Waals surface area contributed by atoms with Gasteiger partial charge in [0.2, 0.25) is 0 Å². The Morgan fingerprint density at radius 3 is 2.90 bits per heavy atom. The molecule has 1 N–H and O–H groups in total. The summed E-state index contributed by atoms with van der Waals surface area (Å²) in [6.45, 7) is 5.20. The summed E-state index contributed by atoms with van der Waals surface area (Å²) in [5, 5.41) is 9.17. The van der Waals surface area contributed by atoms with Crippen LogP contribution in [0, 0.1) is 0 Å². The molecule has 0 aromatic carbocycles. The van der Waals surface area contributed by atoms with Gasteiger partial charge in [0.1, 0.15) is 6.23 Å². The van der Waals surface area contributed by atoms with E-state index in [9.17, 15) is 5.11 Å². The van der Waals surface area contributed by atoms with Crippen LogP contribution in [0.3, 0.4) is 0 Å². The maximum atomic E-state index is 9.17. The Labute approximate surface area is 61.6 Å². The van der Waals surface area contributed by atoms with Gasteiger partial charge in [-0.15, -0.1) is 0 Å². The molecule has 10 heavy (non-hydrogen) atoms. The van der Waals surface area contributed by atoms with Gasteiger partial charge in [-0.2, -0.15) is 0 Å². The summed E-state index contributed by atoms with van der Waals surface area (Å²) in [6, 6.07) is 0. The van der Waals surface area contributed by atoms with E-state index in [4.69, 9.17) is 4.74 Å². The highest BCUT2D eigenvalue weighted by atomic mass is 16.5. The summed E-state index contributed by atoms with van der Waals surface area (Å²) in [6.07, 6.45) is 0.715. The molecule has 1 fully saturated rings. The molecule has 1 unspecified atom stereocenters. The van der Waals surface area contributed by atoms with E-state index in [1.807, 2.05) is 4.90 Å².